The van der Waals surface area contributed by atoms with Gasteiger partial charge in [0.2, 0.25) is 0 Å². The molecule has 0 saturated heterocycles. The molecule has 0 spiro atoms. The molecular weight excluding hydrogens is 501 g/mol. The third-order valence-electron chi connectivity index (χ3n) is 8.97. The number of hydrogen-bond donors (Lipinski definition) is 0. The molecule has 0 amide bonds. The predicted molar refractivity (Wildman–Crippen MR) is 120 cm³/mol. The molecule has 5 rings (SSSR count). The highest BCUT2D eigenvalue weighted by atomic mass is 32.2. The first-order valence-corrected chi connectivity index (χ1v) is 14.0. The van der Waals surface area contributed by atoms with Gasteiger partial charge in [0.1, 0.15) is 12.2 Å². The van der Waals surface area contributed by atoms with Crippen LogP contribution < -0.4 is 9.47 Å². The van der Waals surface area contributed by atoms with Gasteiger partial charge in [-0.1, -0.05) is 0 Å². The van der Waals surface area contributed by atoms with Crippen molar-refractivity contribution in [3.05, 3.63) is 23.8 Å². The minimum absolute atomic E-state index is 0.139. The Balaban J connectivity index is 1.36. The molecule has 1 aromatic carbocycles. The first-order chi connectivity index (χ1) is 16.7. The van der Waals surface area contributed by atoms with Crippen LogP contribution in [0, 0.1) is 41.4 Å². The van der Waals surface area contributed by atoms with Crippen molar-refractivity contribution in [3.8, 4) is 11.5 Å². The Morgan fingerprint density at radius 2 is 1.69 bits per heavy atom. The fourth-order valence-electron chi connectivity index (χ4n) is 7.97. The molecule has 4 bridgehead atoms. The Kier molecular flexibility index (Phi) is 6.26. The van der Waals surface area contributed by atoms with Crippen molar-refractivity contribution in [1.29, 1.82) is 0 Å². The number of alkyl halides is 3. The van der Waals surface area contributed by atoms with E-state index in [0.29, 0.717) is 17.8 Å². The van der Waals surface area contributed by atoms with E-state index in [2.05, 4.69) is 4.74 Å². The molecule has 0 heterocycles. The molecule has 7 nitrogen and oxygen atoms in total. The topological polar surface area (TPSA) is 102 Å². The lowest BCUT2D eigenvalue weighted by Gasteiger charge is -2.44. The average Bonchev–Trinajstić information content (AvgIpc) is 3.52. The summed E-state index contributed by atoms with van der Waals surface area (Å²) in [6.07, 6.45) is 1.04. The molecule has 1 aromatic rings. The summed E-state index contributed by atoms with van der Waals surface area (Å²) in [7, 11) is -4.58. The number of ether oxygens (including phenoxy) is 3. The van der Waals surface area contributed by atoms with Crippen molar-refractivity contribution in [2.75, 3.05) is 12.4 Å². The van der Waals surface area contributed by atoms with Gasteiger partial charge in [-0.25, -0.2) is 13.2 Å². The normalized spacial score (nSPS) is 33.0. The largest absolute Gasteiger partial charge is 0.748 e. The minimum Gasteiger partial charge on any atom is -0.748 e. The van der Waals surface area contributed by atoms with Crippen molar-refractivity contribution in [2.45, 2.75) is 57.9 Å². The Labute approximate surface area is 208 Å². The van der Waals surface area contributed by atoms with Crippen LogP contribution in [-0.2, 0) is 14.9 Å². The van der Waals surface area contributed by atoms with Crippen molar-refractivity contribution >= 4 is 16.1 Å². The number of fused-ring (bicyclic) bond motifs is 9. The molecule has 36 heavy (non-hydrogen) atoms. The molecule has 4 fully saturated rings. The smallest absolute Gasteiger partial charge is 0.573 e. The number of rotatable bonds is 8. The van der Waals surface area contributed by atoms with Crippen LogP contribution in [0.1, 0.15) is 56.3 Å². The number of hydrogen-bond acceptors (Lipinski definition) is 7. The maximum absolute atomic E-state index is 13.1. The summed E-state index contributed by atoms with van der Waals surface area (Å²) in [4.78, 5) is 12.4. The summed E-state index contributed by atoms with van der Waals surface area (Å²) in [6.45, 7) is 3.09. The SMILES string of the molecule is CC(C)(Oc1cc(C(=O)OCCS(=O)(=O)[O-])ccc1OC(F)(F)F)C1CC2CC1C1C3CCC(C3)C21. The van der Waals surface area contributed by atoms with Crippen LogP contribution in [-0.4, -0.2) is 43.3 Å². The van der Waals surface area contributed by atoms with Gasteiger partial charge in [-0.05, 0) is 99.7 Å². The fourth-order valence-corrected chi connectivity index (χ4v) is 8.25. The monoisotopic (exact) mass is 531 g/mol. The van der Waals surface area contributed by atoms with E-state index >= 15 is 0 Å². The van der Waals surface area contributed by atoms with Gasteiger partial charge < -0.3 is 18.8 Å². The Morgan fingerprint density at radius 3 is 2.36 bits per heavy atom. The number of carbonyl (C=O) groups is 1. The number of carbonyl (C=O) groups excluding carboxylic acids is 1. The molecule has 11 heteroatoms. The molecule has 4 aliphatic rings. The average molecular weight is 532 g/mol. The number of halogens is 3. The lowest BCUT2D eigenvalue weighted by molar-refractivity contribution is -0.275. The molecule has 4 aliphatic carbocycles. The molecule has 0 aliphatic heterocycles. The highest BCUT2D eigenvalue weighted by molar-refractivity contribution is 7.85. The van der Waals surface area contributed by atoms with Gasteiger partial charge in [0.05, 0.1) is 21.4 Å². The summed E-state index contributed by atoms with van der Waals surface area (Å²) in [5.74, 6) is 1.58. The highest BCUT2D eigenvalue weighted by Crippen LogP contribution is 2.70. The van der Waals surface area contributed by atoms with Crippen LogP contribution in [0.5, 0.6) is 11.5 Å². The molecule has 4 saturated carbocycles. The minimum atomic E-state index is -4.96. The first kappa shape index (κ1) is 25.6. The molecule has 0 N–H and O–H groups in total. The second kappa shape index (κ2) is 8.79. The van der Waals surface area contributed by atoms with Gasteiger partial charge in [-0.15, -0.1) is 13.2 Å². The Hall–Kier alpha value is -2.01. The van der Waals surface area contributed by atoms with Crippen molar-refractivity contribution in [3.63, 3.8) is 0 Å². The van der Waals surface area contributed by atoms with E-state index < -0.39 is 46.2 Å². The molecule has 7 unspecified atom stereocenters. The molecule has 7 atom stereocenters. The van der Waals surface area contributed by atoms with Gasteiger partial charge in [0, 0.05) is 5.92 Å². The number of benzene rings is 1. The maximum atomic E-state index is 13.1. The maximum Gasteiger partial charge on any atom is 0.573 e. The Bertz CT molecular complexity index is 1130. The third kappa shape index (κ3) is 4.92. The van der Waals surface area contributed by atoms with E-state index in [-0.39, 0.29) is 17.2 Å². The van der Waals surface area contributed by atoms with Crippen molar-refractivity contribution in [2.24, 2.45) is 41.4 Å². The summed E-state index contributed by atoms with van der Waals surface area (Å²) in [6, 6.07) is 3.17. The number of esters is 1. The van der Waals surface area contributed by atoms with Gasteiger partial charge in [0.25, 0.3) is 0 Å². The predicted octanol–water partition coefficient (Wildman–Crippen LogP) is 4.76. The lowest BCUT2D eigenvalue weighted by atomic mass is 9.64. The standard InChI is InChI=1S/C25H31F3O7S/c1-24(2,18-11-16-10-17(18)22-14-4-3-13(9-14)21(16)22)34-20-12-15(5-6-19(20)35-25(26,27)28)23(29)33-7-8-36(30,31)32/h5-6,12-14,16-18,21-22H,3-4,7-11H2,1-2H3,(H,30,31,32)/p-1. The zero-order valence-electron chi connectivity index (χ0n) is 20.1. The molecular formula is C25H30F3O7S-. The fraction of sp³-hybridized carbons (Fsp3) is 0.720. The zero-order chi connectivity index (χ0) is 26.0. The summed E-state index contributed by atoms with van der Waals surface area (Å²) < 4.78 is 86.7. The quantitative estimate of drug-likeness (QED) is 0.271. The van der Waals surface area contributed by atoms with E-state index in [0.717, 1.165) is 48.8 Å². The Morgan fingerprint density at radius 1 is 1.00 bits per heavy atom. The van der Waals surface area contributed by atoms with Gasteiger partial charge in [-0.2, -0.15) is 0 Å². The second-order valence-corrected chi connectivity index (χ2v) is 12.8. The van der Waals surface area contributed by atoms with E-state index in [9.17, 15) is 30.9 Å². The zero-order valence-corrected chi connectivity index (χ0v) is 20.9. The molecule has 200 valence electrons. The summed E-state index contributed by atoms with van der Waals surface area (Å²) in [5, 5.41) is 0. The van der Waals surface area contributed by atoms with Crippen LogP contribution >= 0.6 is 0 Å². The van der Waals surface area contributed by atoms with E-state index in [4.69, 9.17) is 9.47 Å². The first-order valence-electron chi connectivity index (χ1n) is 12.4. The second-order valence-electron chi connectivity index (χ2n) is 11.3. The van der Waals surface area contributed by atoms with Crippen LogP contribution in [0.4, 0.5) is 13.2 Å². The molecule has 0 aromatic heterocycles. The lowest BCUT2D eigenvalue weighted by Crippen LogP contribution is -2.45. The van der Waals surface area contributed by atoms with E-state index in [1.165, 1.54) is 19.3 Å². The summed E-state index contributed by atoms with van der Waals surface area (Å²) >= 11 is 0. The van der Waals surface area contributed by atoms with E-state index in [1.807, 2.05) is 13.8 Å². The summed E-state index contributed by atoms with van der Waals surface area (Å²) in [5.41, 5.74) is -0.950. The van der Waals surface area contributed by atoms with Gasteiger partial charge in [-0.3, -0.25) is 0 Å². The van der Waals surface area contributed by atoms with Crippen LogP contribution in [0.25, 0.3) is 0 Å². The highest BCUT2D eigenvalue weighted by Gasteiger charge is 2.64. The van der Waals surface area contributed by atoms with Crippen molar-refractivity contribution < 1.29 is 45.1 Å². The van der Waals surface area contributed by atoms with E-state index in [1.54, 1.807) is 0 Å². The van der Waals surface area contributed by atoms with Crippen LogP contribution in [0.2, 0.25) is 0 Å². The van der Waals surface area contributed by atoms with Gasteiger partial charge in [0.15, 0.2) is 11.5 Å². The van der Waals surface area contributed by atoms with Crippen LogP contribution in [0.3, 0.4) is 0 Å². The van der Waals surface area contributed by atoms with Gasteiger partial charge >= 0.3 is 12.3 Å². The third-order valence-corrected chi connectivity index (χ3v) is 9.64. The van der Waals surface area contributed by atoms with Crippen molar-refractivity contribution in [1.82, 2.24) is 0 Å². The molecule has 0 radical (unpaired) electrons. The van der Waals surface area contributed by atoms with Crippen LogP contribution in [0.15, 0.2) is 18.2 Å².